The number of amides is 1. The van der Waals surface area contributed by atoms with Gasteiger partial charge in [-0.3, -0.25) is 14.8 Å². The molecular formula is C21H21N3O. The second-order valence-corrected chi connectivity index (χ2v) is 6.03. The van der Waals surface area contributed by atoms with Gasteiger partial charge < -0.3 is 5.32 Å². The van der Waals surface area contributed by atoms with Gasteiger partial charge in [0.15, 0.2) is 0 Å². The lowest BCUT2D eigenvalue weighted by Gasteiger charge is -2.06. The smallest absolute Gasteiger partial charge is 0.224 e. The number of carbonyl (C=O) groups excluding carboxylic acids is 1. The second kappa shape index (κ2) is 8.20. The monoisotopic (exact) mass is 331 g/mol. The van der Waals surface area contributed by atoms with Crippen molar-refractivity contribution in [1.29, 1.82) is 0 Å². The van der Waals surface area contributed by atoms with Crippen molar-refractivity contribution in [2.24, 2.45) is 0 Å². The molecule has 0 saturated carbocycles. The molecule has 0 spiro atoms. The van der Waals surface area contributed by atoms with Crippen molar-refractivity contribution in [1.82, 2.24) is 9.97 Å². The summed E-state index contributed by atoms with van der Waals surface area (Å²) in [5, 5.41) is 2.86. The van der Waals surface area contributed by atoms with Crippen LogP contribution in [0.4, 0.5) is 5.69 Å². The van der Waals surface area contributed by atoms with Crippen molar-refractivity contribution >= 4 is 11.6 Å². The van der Waals surface area contributed by atoms with Crippen LogP contribution in [0.1, 0.15) is 24.1 Å². The molecule has 0 aliphatic rings. The molecule has 3 aromatic rings. The zero-order valence-electron chi connectivity index (χ0n) is 14.3. The normalized spacial score (nSPS) is 10.4. The molecule has 1 aromatic carbocycles. The third-order valence-electron chi connectivity index (χ3n) is 4.00. The van der Waals surface area contributed by atoms with Crippen molar-refractivity contribution < 1.29 is 4.79 Å². The Labute approximate surface area is 148 Å². The molecule has 0 radical (unpaired) electrons. The molecule has 126 valence electrons. The number of pyridine rings is 2. The van der Waals surface area contributed by atoms with Gasteiger partial charge in [-0.25, -0.2) is 0 Å². The first-order chi connectivity index (χ1) is 12.2. The fraction of sp³-hybridized carbons (Fsp3) is 0.190. The lowest BCUT2D eigenvalue weighted by atomic mass is 10.0. The molecular weight excluding hydrogens is 310 g/mol. The highest BCUT2D eigenvalue weighted by molar-refractivity contribution is 5.90. The summed E-state index contributed by atoms with van der Waals surface area (Å²) in [6.45, 7) is 1.99. The maximum Gasteiger partial charge on any atom is 0.224 e. The van der Waals surface area contributed by atoms with E-state index < -0.39 is 0 Å². The summed E-state index contributed by atoms with van der Waals surface area (Å²) in [7, 11) is 0. The number of aryl methyl sites for hydroxylation is 2. The van der Waals surface area contributed by atoms with Gasteiger partial charge in [-0.1, -0.05) is 24.3 Å². The molecule has 2 heterocycles. The van der Waals surface area contributed by atoms with Crippen LogP contribution in [0, 0.1) is 6.92 Å². The molecule has 0 atom stereocenters. The summed E-state index contributed by atoms with van der Waals surface area (Å²) in [4.78, 5) is 20.1. The van der Waals surface area contributed by atoms with Crippen LogP contribution in [0.3, 0.4) is 0 Å². The van der Waals surface area contributed by atoms with E-state index in [0.29, 0.717) is 6.42 Å². The van der Waals surface area contributed by atoms with Crippen LogP contribution in [0.5, 0.6) is 0 Å². The minimum atomic E-state index is 0.0249. The van der Waals surface area contributed by atoms with Gasteiger partial charge in [-0.15, -0.1) is 0 Å². The van der Waals surface area contributed by atoms with Gasteiger partial charge in [0, 0.05) is 24.5 Å². The molecule has 1 N–H and O–H groups in total. The Kier molecular flexibility index (Phi) is 5.52. The number of rotatable bonds is 6. The highest BCUT2D eigenvalue weighted by Gasteiger charge is 2.03. The Balaban J connectivity index is 1.50. The van der Waals surface area contributed by atoms with E-state index in [2.05, 4.69) is 45.6 Å². The maximum absolute atomic E-state index is 11.9. The highest BCUT2D eigenvalue weighted by atomic mass is 16.1. The van der Waals surface area contributed by atoms with E-state index in [1.807, 2.05) is 31.3 Å². The summed E-state index contributed by atoms with van der Waals surface area (Å²) in [5.74, 6) is 0.0249. The largest absolute Gasteiger partial charge is 0.325 e. The molecule has 0 aliphatic heterocycles. The molecule has 25 heavy (non-hydrogen) atoms. The molecule has 0 saturated heterocycles. The standard InChI is InChI=1S/C21H21N3O/c1-16-14-19(11-13-23-16)18-9-7-17(8-10-18)4-2-6-21(25)24-20-5-3-12-22-15-20/h3,5,7-15H,2,4,6H2,1H3,(H,24,25). The van der Waals surface area contributed by atoms with E-state index in [1.54, 1.807) is 12.4 Å². The van der Waals surface area contributed by atoms with Crippen molar-refractivity contribution in [3.63, 3.8) is 0 Å². The van der Waals surface area contributed by atoms with Crippen LogP contribution in [0.15, 0.2) is 67.1 Å². The number of anilines is 1. The first kappa shape index (κ1) is 16.8. The third kappa shape index (κ3) is 4.98. The molecule has 0 fully saturated rings. The van der Waals surface area contributed by atoms with E-state index in [9.17, 15) is 4.79 Å². The zero-order chi connectivity index (χ0) is 17.5. The lowest BCUT2D eigenvalue weighted by molar-refractivity contribution is -0.116. The van der Waals surface area contributed by atoms with Gasteiger partial charge in [0.2, 0.25) is 5.91 Å². The topological polar surface area (TPSA) is 54.9 Å². The second-order valence-electron chi connectivity index (χ2n) is 6.03. The van der Waals surface area contributed by atoms with Gasteiger partial charge in [0.05, 0.1) is 11.9 Å². The Morgan fingerprint density at radius 2 is 1.88 bits per heavy atom. The van der Waals surface area contributed by atoms with Gasteiger partial charge in [0.1, 0.15) is 0 Å². The van der Waals surface area contributed by atoms with Crippen LogP contribution in [-0.4, -0.2) is 15.9 Å². The van der Waals surface area contributed by atoms with Gasteiger partial charge in [-0.2, -0.15) is 0 Å². The van der Waals surface area contributed by atoms with Crippen LogP contribution < -0.4 is 5.32 Å². The number of hydrogen-bond acceptors (Lipinski definition) is 3. The van der Waals surface area contributed by atoms with E-state index in [0.717, 1.165) is 24.2 Å². The van der Waals surface area contributed by atoms with Crippen LogP contribution in [-0.2, 0) is 11.2 Å². The first-order valence-electron chi connectivity index (χ1n) is 8.42. The molecule has 0 unspecified atom stereocenters. The van der Waals surface area contributed by atoms with E-state index in [-0.39, 0.29) is 5.91 Å². The number of aromatic nitrogens is 2. The Morgan fingerprint density at radius 1 is 1.04 bits per heavy atom. The third-order valence-corrected chi connectivity index (χ3v) is 4.00. The molecule has 4 nitrogen and oxygen atoms in total. The molecule has 1 amide bonds. The number of benzene rings is 1. The Hall–Kier alpha value is -3.01. The molecule has 0 aliphatic carbocycles. The van der Waals surface area contributed by atoms with E-state index in [4.69, 9.17) is 0 Å². The van der Waals surface area contributed by atoms with E-state index in [1.165, 1.54) is 16.7 Å². The summed E-state index contributed by atoms with van der Waals surface area (Å²) in [6.07, 6.45) is 7.37. The van der Waals surface area contributed by atoms with Gasteiger partial charge >= 0.3 is 0 Å². The predicted molar refractivity (Wildman–Crippen MR) is 100 cm³/mol. The number of nitrogens with zero attached hydrogens (tertiary/aromatic N) is 2. The van der Waals surface area contributed by atoms with Gasteiger partial charge in [-0.05, 0) is 60.7 Å². The van der Waals surface area contributed by atoms with Crippen molar-refractivity contribution in [2.45, 2.75) is 26.2 Å². The van der Waals surface area contributed by atoms with Gasteiger partial charge in [0.25, 0.3) is 0 Å². The fourth-order valence-corrected chi connectivity index (χ4v) is 2.70. The minimum absolute atomic E-state index is 0.0249. The van der Waals surface area contributed by atoms with Crippen molar-refractivity contribution in [2.75, 3.05) is 5.32 Å². The highest BCUT2D eigenvalue weighted by Crippen LogP contribution is 2.20. The molecule has 3 rings (SSSR count). The minimum Gasteiger partial charge on any atom is -0.325 e. The summed E-state index contributed by atoms with van der Waals surface area (Å²) >= 11 is 0. The van der Waals surface area contributed by atoms with E-state index >= 15 is 0 Å². The maximum atomic E-state index is 11.9. The van der Waals surface area contributed by atoms with Crippen LogP contribution in [0.25, 0.3) is 11.1 Å². The quantitative estimate of drug-likeness (QED) is 0.728. The molecule has 2 aromatic heterocycles. The van der Waals surface area contributed by atoms with Crippen molar-refractivity contribution in [3.05, 3.63) is 78.4 Å². The molecule has 4 heteroatoms. The fourth-order valence-electron chi connectivity index (χ4n) is 2.70. The number of hydrogen-bond donors (Lipinski definition) is 1. The summed E-state index contributed by atoms with van der Waals surface area (Å²) in [5.41, 5.74) is 5.35. The molecule has 0 bridgehead atoms. The summed E-state index contributed by atoms with van der Waals surface area (Å²) < 4.78 is 0. The van der Waals surface area contributed by atoms with Crippen molar-refractivity contribution in [3.8, 4) is 11.1 Å². The van der Waals surface area contributed by atoms with Crippen LogP contribution >= 0.6 is 0 Å². The first-order valence-corrected chi connectivity index (χ1v) is 8.42. The Morgan fingerprint density at radius 3 is 2.60 bits per heavy atom. The average Bonchev–Trinajstić information content (AvgIpc) is 2.63. The predicted octanol–water partition coefficient (Wildman–Crippen LogP) is 4.41. The lowest BCUT2D eigenvalue weighted by Crippen LogP contribution is -2.11. The average molecular weight is 331 g/mol. The zero-order valence-corrected chi connectivity index (χ0v) is 14.3. The summed E-state index contributed by atoms with van der Waals surface area (Å²) in [6, 6.07) is 16.3. The van der Waals surface area contributed by atoms with Crippen LogP contribution in [0.2, 0.25) is 0 Å². The number of nitrogens with one attached hydrogen (secondary N) is 1. The SMILES string of the molecule is Cc1cc(-c2ccc(CCCC(=O)Nc3cccnc3)cc2)ccn1. The Bertz CT molecular complexity index is 829. The number of carbonyl (C=O) groups is 1.